The number of aromatic nitrogens is 1. The predicted molar refractivity (Wildman–Crippen MR) is 89.0 cm³/mol. The lowest BCUT2D eigenvalue weighted by Crippen LogP contribution is -2.08. The summed E-state index contributed by atoms with van der Waals surface area (Å²) in [6, 6.07) is 5.60. The smallest absolute Gasteiger partial charge is 0.197 e. The van der Waals surface area contributed by atoms with E-state index in [-0.39, 0.29) is 11.9 Å². The summed E-state index contributed by atoms with van der Waals surface area (Å²) in [5.74, 6) is 1.24. The first-order chi connectivity index (χ1) is 10.5. The van der Waals surface area contributed by atoms with Crippen molar-refractivity contribution in [2.24, 2.45) is 0 Å². The molecule has 1 aromatic carbocycles. The molecule has 0 saturated carbocycles. The van der Waals surface area contributed by atoms with Crippen LogP contribution in [-0.4, -0.2) is 24.0 Å². The molecule has 0 aliphatic rings. The number of para-hydroxylation sites is 1. The Morgan fingerprint density at radius 2 is 2.14 bits per heavy atom. The fourth-order valence-corrected chi connectivity index (χ4v) is 2.69. The van der Waals surface area contributed by atoms with E-state index in [2.05, 4.69) is 4.98 Å². The number of ether oxygens (including phenoxy) is 2. The Morgan fingerprint density at radius 3 is 2.73 bits per heavy atom. The van der Waals surface area contributed by atoms with Gasteiger partial charge in [-0.2, -0.15) is 0 Å². The van der Waals surface area contributed by atoms with Crippen molar-refractivity contribution in [2.75, 3.05) is 7.11 Å². The topological polar surface area (TPSA) is 48.4 Å². The molecule has 0 radical (unpaired) electrons. The molecule has 0 spiro atoms. The van der Waals surface area contributed by atoms with Crippen LogP contribution in [0.1, 0.15) is 34.8 Å². The maximum absolute atomic E-state index is 12.2. The van der Waals surface area contributed by atoms with Gasteiger partial charge in [0.2, 0.25) is 0 Å². The number of carbonyl (C=O) groups is 1. The molecule has 0 aliphatic carbocycles. The van der Waals surface area contributed by atoms with E-state index >= 15 is 0 Å². The van der Waals surface area contributed by atoms with E-state index in [1.54, 1.807) is 24.8 Å². The molecule has 0 unspecified atom stereocenters. The lowest BCUT2D eigenvalue weighted by molar-refractivity contribution is 0.105. The minimum absolute atomic E-state index is 0.0166. The van der Waals surface area contributed by atoms with Gasteiger partial charge in [-0.15, -0.1) is 11.3 Å². The molecule has 0 bridgehead atoms. The van der Waals surface area contributed by atoms with E-state index in [0.29, 0.717) is 16.4 Å². The molecule has 22 heavy (non-hydrogen) atoms. The number of allylic oxidation sites excluding steroid dienone is 1. The highest BCUT2D eigenvalue weighted by atomic mass is 32.1. The number of hydrogen-bond donors (Lipinski definition) is 0. The summed E-state index contributed by atoms with van der Waals surface area (Å²) in [5, 5.41) is 0. The first kappa shape index (κ1) is 16.2. The fourth-order valence-electron chi connectivity index (χ4n) is 1.97. The number of ketones is 1. The Morgan fingerprint density at radius 1 is 1.36 bits per heavy atom. The van der Waals surface area contributed by atoms with Gasteiger partial charge in [0.05, 0.1) is 29.3 Å². The molecule has 0 aliphatic heterocycles. The first-order valence-electron chi connectivity index (χ1n) is 6.99. The summed E-state index contributed by atoms with van der Waals surface area (Å²) in [7, 11) is 1.60. The van der Waals surface area contributed by atoms with E-state index in [4.69, 9.17) is 9.47 Å². The normalized spacial score (nSPS) is 11.1. The van der Waals surface area contributed by atoms with Gasteiger partial charge in [0, 0.05) is 5.56 Å². The molecule has 4 nitrogen and oxygen atoms in total. The van der Waals surface area contributed by atoms with Crippen LogP contribution in [0.4, 0.5) is 0 Å². The second kappa shape index (κ2) is 7.22. The van der Waals surface area contributed by atoms with Gasteiger partial charge in [0.25, 0.3) is 0 Å². The first-order valence-corrected chi connectivity index (χ1v) is 7.87. The summed E-state index contributed by atoms with van der Waals surface area (Å²) in [6.45, 7) is 5.73. The number of thiazole rings is 1. The monoisotopic (exact) mass is 317 g/mol. The number of aryl methyl sites for hydroxylation is 1. The Kier molecular flexibility index (Phi) is 5.33. The summed E-state index contributed by atoms with van der Waals surface area (Å²) >= 11 is 1.35. The van der Waals surface area contributed by atoms with Crippen molar-refractivity contribution in [2.45, 2.75) is 26.9 Å². The van der Waals surface area contributed by atoms with Crippen LogP contribution in [-0.2, 0) is 0 Å². The van der Waals surface area contributed by atoms with Crippen LogP contribution < -0.4 is 9.47 Å². The zero-order valence-electron chi connectivity index (χ0n) is 13.1. The summed E-state index contributed by atoms with van der Waals surface area (Å²) < 4.78 is 11.2. The standard InChI is InChI=1S/C17H19NO3S/c1-11(2)21-16-13(6-5-7-15(16)20-4)8-9-14(19)17-12(3)18-10-22-17/h5-11H,1-4H3/b9-8-. The minimum atomic E-state index is -0.0571. The van der Waals surface area contributed by atoms with E-state index in [0.717, 1.165) is 11.3 Å². The SMILES string of the molecule is COc1cccc(/C=C\C(=O)c2scnc2C)c1OC(C)C. The molecular formula is C17H19NO3S. The van der Waals surface area contributed by atoms with Crippen LogP contribution in [0.5, 0.6) is 11.5 Å². The van der Waals surface area contributed by atoms with Crippen LogP contribution >= 0.6 is 11.3 Å². The molecule has 2 rings (SSSR count). The van der Waals surface area contributed by atoms with E-state index in [1.807, 2.05) is 39.0 Å². The average Bonchev–Trinajstić information content (AvgIpc) is 2.91. The van der Waals surface area contributed by atoms with Crippen LogP contribution in [0.15, 0.2) is 29.8 Å². The van der Waals surface area contributed by atoms with Crippen molar-refractivity contribution in [1.29, 1.82) is 0 Å². The largest absolute Gasteiger partial charge is 0.493 e. The highest BCUT2D eigenvalue weighted by Crippen LogP contribution is 2.33. The zero-order chi connectivity index (χ0) is 16.1. The van der Waals surface area contributed by atoms with Crippen molar-refractivity contribution >= 4 is 23.2 Å². The van der Waals surface area contributed by atoms with E-state index in [1.165, 1.54) is 11.3 Å². The van der Waals surface area contributed by atoms with Gasteiger partial charge in [-0.05, 0) is 39.0 Å². The van der Waals surface area contributed by atoms with Gasteiger partial charge in [-0.1, -0.05) is 12.1 Å². The van der Waals surface area contributed by atoms with Crippen LogP contribution in [0, 0.1) is 6.92 Å². The third kappa shape index (κ3) is 3.74. The maximum atomic E-state index is 12.2. The lowest BCUT2D eigenvalue weighted by Gasteiger charge is -2.15. The van der Waals surface area contributed by atoms with Gasteiger partial charge >= 0.3 is 0 Å². The predicted octanol–water partition coefficient (Wildman–Crippen LogP) is 4.14. The molecule has 0 saturated heterocycles. The van der Waals surface area contributed by atoms with Gasteiger partial charge < -0.3 is 9.47 Å². The van der Waals surface area contributed by atoms with Crippen molar-refractivity contribution in [3.05, 3.63) is 45.9 Å². The van der Waals surface area contributed by atoms with Crippen molar-refractivity contribution in [1.82, 2.24) is 4.98 Å². The molecule has 116 valence electrons. The highest BCUT2D eigenvalue weighted by molar-refractivity contribution is 7.12. The molecule has 2 aromatic rings. The van der Waals surface area contributed by atoms with Gasteiger partial charge in [0.1, 0.15) is 0 Å². The molecule has 0 fully saturated rings. The average molecular weight is 317 g/mol. The van der Waals surface area contributed by atoms with Crippen LogP contribution in [0.3, 0.4) is 0 Å². The number of carbonyl (C=O) groups excluding carboxylic acids is 1. The number of methoxy groups -OCH3 is 1. The fraction of sp³-hybridized carbons (Fsp3) is 0.294. The Labute approximate surface area is 134 Å². The second-order valence-electron chi connectivity index (χ2n) is 5.01. The maximum Gasteiger partial charge on any atom is 0.197 e. The Bertz CT molecular complexity index is 689. The van der Waals surface area contributed by atoms with Gasteiger partial charge in [-0.25, -0.2) is 4.98 Å². The van der Waals surface area contributed by atoms with Crippen molar-refractivity contribution < 1.29 is 14.3 Å². The summed E-state index contributed by atoms with van der Waals surface area (Å²) in [5.41, 5.74) is 3.24. The zero-order valence-corrected chi connectivity index (χ0v) is 13.9. The lowest BCUT2D eigenvalue weighted by atomic mass is 10.1. The Hall–Kier alpha value is -2.14. The molecular weight excluding hydrogens is 298 g/mol. The third-order valence-corrected chi connectivity index (χ3v) is 3.91. The molecule has 1 aromatic heterocycles. The molecule has 0 atom stereocenters. The van der Waals surface area contributed by atoms with Crippen LogP contribution in [0.2, 0.25) is 0 Å². The van der Waals surface area contributed by atoms with Gasteiger partial charge in [-0.3, -0.25) is 4.79 Å². The quantitative estimate of drug-likeness (QED) is 0.593. The van der Waals surface area contributed by atoms with Gasteiger partial charge in [0.15, 0.2) is 17.3 Å². The van der Waals surface area contributed by atoms with E-state index < -0.39 is 0 Å². The Balaban J connectivity index is 2.30. The highest BCUT2D eigenvalue weighted by Gasteiger charge is 2.12. The number of hydrogen-bond acceptors (Lipinski definition) is 5. The number of rotatable bonds is 6. The van der Waals surface area contributed by atoms with Crippen molar-refractivity contribution in [3.63, 3.8) is 0 Å². The number of benzene rings is 1. The second-order valence-corrected chi connectivity index (χ2v) is 5.86. The third-order valence-electron chi connectivity index (χ3n) is 2.97. The molecule has 0 N–H and O–H groups in total. The van der Waals surface area contributed by atoms with Crippen LogP contribution in [0.25, 0.3) is 6.08 Å². The summed E-state index contributed by atoms with van der Waals surface area (Å²) in [4.78, 5) is 17.0. The molecule has 5 heteroatoms. The molecule has 1 heterocycles. The molecule has 0 amide bonds. The van der Waals surface area contributed by atoms with E-state index in [9.17, 15) is 4.79 Å². The minimum Gasteiger partial charge on any atom is -0.493 e. The summed E-state index contributed by atoms with van der Waals surface area (Å²) in [6.07, 6.45) is 3.31. The number of nitrogens with zero attached hydrogens (tertiary/aromatic N) is 1. The van der Waals surface area contributed by atoms with Crippen molar-refractivity contribution in [3.8, 4) is 11.5 Å².